The van der Waals surface area contributed by atoms with Crippen LogP contribution >= 0.6 is 0 Å². The number of benzene rings is 2. The molecule has 1 aromatic heterocycles. The number of nitrogens with one attached hydrogen (secondary N) is 1. The number of anilines is 2. The van der Waals surface area contributed by atoms with E-state index in [1.807, 2.05) is 18.2 Å². The molecule has 1 N–H and O–H groups in total. The molecule has 1 amide bonds. The van der Waals surface area contributed by atoms with E-state index < -0.39 is 15.7 Å². The minimum Gasteiger partial charge on any atom is -0.469 e. The molecule has 1 aliphatic carbocycles. The summed E-state index contributed by atoms with van der Waals surface area (Å²) in [6.07, 6.45) is 10.6. The maximum atomic E-state index is 15.0. The van der Waals surface area contributed by atoms with Gasteiger partial charge in [0.05, 0.1) is 28.8 Å². The van der Waals surface area contributed by atoms with Crippen LogP contribution in [0, 0.1) is 29.5 Å². The quantitative estimate of drug-likeness (QED) is 0.158. The van der Waals surface area contributed by atoms with Gasteiger partial charge in [-0.2, -0.15) is 0 Å². The van der Waals surface area contributed by atoms with E-state index in [1.165, 1.54) is 32.0 Å². The van der Waals surface area contributed by atoms with E-state index >= 15 is 4.39 Å². The maximum absolute atomic E-state index is 15.0. The van der Waals surface area contributed by atoms with Crippen molar-refractivity contribution in [2.75, 3.05) is 69.7 Å². The van der Waals surface area contributed by atoms with Crippen molar-refractivity contribution in [3.05, 3.63) is 91.0 Å². The zero-order valence-electron chi connectivity index (χ0n) is 31.2. The number of halogens is 1. The van der Waals surface area contributed by atoms with Crippen LogP contribution in [0.4, 0.5) is 15.8 Å². The second-order valence-corrected chi connectivity index (χ2v) is 17.7. The zero-order valence-corrected chi connectivity index (χ0v) is 32.0. The summed E-state index contributed by atoms with van der Waals surface area (Å²) in [5.41, 5.74) is 2.14. The Hall–Kier alpha value is -4.13. The normalized spacial score (nSPS) is 22.5. The van der Waals surface area contributed by atoms with Crippen LogP contribution in [0.3, 0.4) is 0 Å². The monoisotopic (exact) mass is 757 g/mol. The molecule has 7 rings (SSSR count). The van der Waals surface area contributed by atoms with Gasteiger partial charge < -0.3 is 24.8 Å². The number of sulfone groups is 1. The summed E-state index contributed by atoms with van der Waals surface area (Å²) in [7, 11) is -2.35. The SMILES string of the molecule is C=CC(=O)Nc1cncc(S(=O)(=O)c2ccc(N3CC(CN4CCC([C@@](CN5CCC5)(c5cccc(F)c5)[C@H]5CCC[C@@H]5CC(=O)OC)CC4)C3)cc2)c1. The first kappa shape index (κ1) is 38.2. The predicted molar refractivity (Wildman–Crippen MR) is 206 cm³/mol. The van der Waals surface area contributed by atoms with Gasteiger partial charge in [0.15, 0.2) is 0 Å². The molecule has 288 valence electrons. The average Bonchev–Trinajstić information content (AvgIpc) is 3.61. The fourth-order valence-corrected chi connectivity index (χ4v) is 11.0. The number of pyridine rings is 1. The summed E-state index contributed by atoms with van der Waals surface area (Å²) in [6.45, 7) is 11.3. The number of hydrogen-bond donors (Lipinski definition) is 1. The number of esters is 1. The number of carbonyl (C=O) groups is 2. The number of aromatic nitrogens is 1. The summed E-state index contributed by atoms with van der Waals surface area (Å²) in [6, 6.07) is 15.7. The third kappa shape index (κ3) is 7.97. The van der Waals surface area contributed by atoms with Gasteiger partial charge in [0, 0.05) is 55.8 Å². The van der Waals surface area contributed by atoms with Crippen LogP contribution in [0.2, 0.25) is 0 Å². The fourth-order valence-electron chi connectivity index (χ4n) is 9.73. The first-order chi connectivity index (χ1) is 26.1. The molecule has 3 aromatic rings. The highest BCUT2D eigenvalue weighted by molar-refractivity contribution is 7.91. The molecule has 0 spiro atoms. The highest BCUT2D eigenvalue weighted by atomic mass is 32.2. The van der Waals surface area contributed by atoms with Crippen molar-refractivity contribution in [3.63, 3.8) is 0 Å². The second-order valence-electron chi connectivity index (χ2n) is 15.7. The van der Waals surface area contributed by atoms with Crippen molar-refractivity contribution in [1.82, 2.24) is 14.8 Å². The number of methoxy groups -OCH3 is 1. The van der Waals surface area contributed by atoms with Crippen LogP contribution < -0.4 is 10.2 Å². The molecule has 10 nitrogen and oxygen atoms in total. The van der Waals surface area contributed by atoms with Gasteiger partial charge in [-0.05, 0) is 130 Å². The van der Waals surface area contributed by atoms with E-state index in [1.54, 1.807) is 24.3 Å². The summed E-state index contributed by atoms with van der Waals surface area (Å²) < 4.78 is 46.9. The van der Waals surface area contributed by atoms with E-state index in [2.05, 4.69) is 37.6 Å². The highest BCUT2D eigenvalue weighted by Crippen LogP contribution is 2.54. The number of piperidine rings is 1. The number of rotatable bonds is 14. The van der Waals surface area contributed by atoms with Gasteiger partial charge in [-0.3, -0.25) is 14.6 Å². The molecule has 0 radical (unpaired) electrons. The lowest BCUT2D eigenvalue weighted by atomic mass is 9.56. The molecule has 3 atom stereocenters. The Labute approximate surface area is 318 Å². The molecule has 4 fully saturated rings. The Kier molecular flexibility index (Phi) is 11.5. The van der Waals surface area contributed by atoms with Gasteiger partial charge in [-0.25, -0.2) is 12.8 Å². The van der Waals surface area contributed by atoms with Crippen LogP contribution in [0.1, 0.15) is 50.5 Å². The van der Waals surface area contributed by atoms with E-state index in [0.717, 1.165) is 102 Å². The number of carbonyl (C=O) groups excluding carboxylic acids is 2. The summed E-state index contributed by atoms with van der Waals surface area (Å²) in [5, 5.41) is 2.55. The van der Waals surface area contributed by atoms with Crippen LogP contribution in [0.25, 0.3) is 0 Å². The molecule has 0 unspecified atom stereocenters. The Bertz CT molecular complexity index is 1920. The van der Waals surface area contributed by atoms with Crippen molar-refractivity contribution < 1.29 is 27.1 Å². The van der Waals surface area contributed by atoms with Crippen molar-refractivity contribution in [3.8, 4) is 0 Å². The van der Waals surface area contributed by atoms with Crippen LogP contribution in [0.5, 0.6) is 0 Å². The molecule has 0 bridgehead atoms. The van der Waals surface area contributed by atoms with Crippen molar-refractivity contribution in [2.24, 2.45) is 23.7 Å². The van der Waals surface area contributed by atoms with Gasteiger partial charge in [0.2, 0.25) is 15.7 Å². The molecule has 2 aromatic carbocycles. The Balaban J connectivity index is 0.990. The molecule has 54 heavy (non-hydrogen) atoms. The molecule has 1 saturated carbocycles. The van der Waals surface area contributed by atoms with Gasteiger partial charge in [0.25, 0.3) is 0 Å². The standard InChI is InChI=1S/C42H52FN5O5S/c1-3-40(49)45-35-23-38(25-44-24-35)54(51,52)37-13-11-36(12-14-37)48-27-30(28-48)26-46-19-15-32(16-20-46)42(29-47-17-6-18-47,33-8-5-9-34(43)22-33)39-10-4-7-31(39)21-41(50)53-2/h3,5,8-9,11-14,22-25,30-32,39H,1,4,6-7,10,15-21,26-29H2,2H3,(H,45,49)/t31-,39+,42+/m1/s1. The lowest BCUT2D eigenvalue weighted by Gasteiger charge is -2.54. The first-order valence-electron chi connectivity index (χ1n) is 19.3. The lowest BCUT2D eigenvalue weighted by molar-refractivity contribution is -0.142. The molecular formula is C42H52FN5O5S. The van der Waals surface area contributed by atoms with Gasteiger partial charge in [0.1, 0.15) is 5.82 Å². The molecule has 12 heteroatoms. The molecule has 3 saturated heterocycles. The van der Waals surface area contributed by atoms with E-state index in [-0.39, 0.29) is 38.6 Å². The van der Waals surface area contributed by atoms with Gasteiger partial charge in [-0.1, -0.05) is 25.1 Å². The number of ether oxygens (including phenoxy) is 1. The number of amides is 1. The number of nitrogens with zero attached hydrogens (tertiary/aromatic N) is 4. The minimum atomic E-state index is -3.83. The predicted octanol–water partition coefficient (Wildman–Crippen LogP) is 5.95. The fraction of sp³-hybridized carbons (Fsp3) is 0.500. The maximum Gasteiger partial charge on any atom is 0.305 e. The van der Waals surface area contributed by atoms with Gasteiger partial charge >= 0.3 is 5.97 Å². The Morgan fingerprint density at radius 2 is 1.72 bits per heavy atom. The third-order valence-corrected chi connectivity index (χ3v) is 14.3. The molecule has 4 aliphatic rings. The summed E-state index contributed by atoms with van der Waals surface area (Å²) >= 11 is 0. The first-order valence-corrected chi connectivity index (χ1v) is 20.8. The molecule has 3 aliphatic heterocycles. The number of hydrogen-bond acceptors (Lipinski definition) is 9. The van der Waals surface area contributed by atoms with Crippen LogP contribution in [0.15, 0.2) is 89.4 Å². The largest absolute Gasteiger partial charge is 0.469 e. The molecule has 4 heterocycles. The zero-order chi connectivity index (χ0) is 37.9. The van der Waals surface area contributed by atoms with E-state index in [0.29, 0.717) is 24.2 Å². The topological polar surface area (TPSA) is 112 Å². The summed E-state index contributed by atoms with van der Waals surface area (Å²) in [4.78, 5) is 35.9. The lowest BCUT2D eigenvalue weighted by Crippen LogP contribution is -2.58. The Morgan fingerprint density at radius 1 is 0.963 bits per heavy atom. The van der Waals surface area contributed by atoms with Crippen molar-refractivity contribution >= 4 is 33.1 Å². The van der Waals surface area contributed by atoms with Gasteiger partial charge in [-0.15, -0.1) is 0 Å². The minimum absolute atomic E-state index is 0.00266. The van der Waals surface area contributed by atoms with E-state index in [9.17, 15) is 18.0 Å². The number of likely N-dealkylation sites (tertiary alicyclic amines) is 2. The third-order valence-electron chi connectivity index (χ3n) is 12.6. The van der Waals surface area contributed by atoms with Crippen molar-refractivity contribution in [1.29, 1.82) is 0 Å². The van der Waals surface area contributed by atoms with E-state index in [4.69, 9.17) is 4.74 Å². The highest BCUT2D eigenvalue weighted by Gasteiger charge is 2.53. The van der Waals surface area contributed by atoms with Crippen LogP contribution in [-0.2, 0) is 29.6 Å². The van der Waals surface area contributed by atoms with Crippen molar-refractivity contribution in [2.45, 2.75) is 60.2 Å². The second kappa shape index (κ2) is 16.3. The Morgan fingerprint density at radius 3 is 2.39 bits per heavy atom. The molecular weight excluding hydrogens is 706 g/mol. The smallest absolute Gasteiger partial charge is 0.305 e. The summed E-state index contributed by atoms with van der Waals surface area (Å²) in [5.74, 6) is 0.641. The average molecular weight is 758 g/mol. The van der Waals surface area contributed by atoms with Crippen LogP contribution in [-0.4, -0.2) is 94.5 Å².